The van der Waals surface area contributed by atoms with E-state index in [-0.39, 0.29) is 23.4 Å². The molecule has 0 fully saturated rings. The van der Waals surface area contributed by atoms with E-state index in [9.17, 15) is 14.7 Å². The van der Waals surface area contributed by atoms with E-state index >= 15 is 0 Å². The number of aliphatic carboxylic acids is 1. The maximum atomic E-state index is 11.2. The number of phenols is 1. The Morgan fingerprint density at radius 2 is 2.06 bits per heavy atom. The van der Waals surface area contributed by atoms with Gasteiger partial charge in [0.1, 0.15) is 11.3 Å². The van der Waals surface area contributed by atoms with E-state index in [4.69, 9.17) is 15.3 Å². The molecule has 0 amide bonds. The van der Waals surface area contributed by atoms with Crippen LogP contribution in [0.5, 0.6) is 5.75 Å². The van der Waals surface area contributed by atoms with E-state index in [1.807, 2.05) is 0 Å². The molecule has 4 N–H and O–H groups in total. The van der Waals surface area contributed by atoms with E-state index in [0.717, 1.165) is 6.07 Å². The highest BCUT2D eigenvalue weighted by molar-refractivity contribution is 5.88. The molecular formula is C11H9NO5. The number of rotatable bonds is 2. The first-order chi connectivity index (χ1) is 7.97. The molecule has 88 valence electrons. The zero-order valence-electron chi connectivity index (χ0n) is 8.64. The van der Waals surface area contributed by atoms with Crippen molar-refractivity contribution < 1.29 is 19.4 Å². The van der Waals surface area contributed by atoms with Crippen molar-refractivity contribution in [3.63, 3.8) is 0 Å². The van der Waals surface area contributed by atoms with Gasteiger partial charge in [-0.25, -0.2) is 4.79 Å². The molecule has 0 atom stereocenters. The molecule has 0 saturated heterocycles. The highest BCUT2D eigenvalue weighted by Gasteiger charge is 2.11. The van der Waals surface area contributed by atoms with E-state index < -0.39 is 11.6 Å². The van der Waals surface area contributed by atoms with Crippen molar-refractivity contribution in [2.45, 2.75) is 6.42 Å². The molecule has 0 bridgehead atoms. The summed E-state index contributed by atoms with van der Waals surface area (Å²) in [6, 6.07) is 3.68. The Hall–Kier alpha value is -2.50. The second-order valence-corrected chi connectivity index (χ2v) is 3.57. The maximum Gasteiger partial charge on any atom is 0.336 e. The Morgan fingerprint density at radius 3 is 2.71 bits per heavy atom. The first kappa shape index (κ1) is 11.0. The van der Waals surface area contributed by atoms with Gasteiger partial charge in [-0.3, -0.25) is 4.79 Å². The summed E-state index contributed by atoms with van der Waals surface area (Å²) >= 11 is 0. The van der Waals surface area contributed by atoms with Crippen molar-refractivity contribution in [2.75, 3.05) is 5.73 Å². The normalized spacial score (nSPS) is 10.6. The first-order valence-electron chi connectivity index (χ1n) is 4.74. The van der Waals surface area contributed by atoms with Crippen molar-refractivity contribution in [3.05, 3.63) is 34.2 Å². The fourth-order valence-electron chi connectivity index (χ4n) is 1.59. The van der Waals surface area contributed by atoms with Crippen LogP contribution in [0.2, 0.25) is 0 Å². The number of carboxylic acid groups (broad SMARTS) is 1. The zero-order valence-corrected chi connectivity index (χ0v) is 8.64. The predicted octanol–water partition coefficient (Wildman–Crippen LogP) is 0.708. The molecule has 0 unspecified atom stereocenters. The third-order valence-electron chi connectivity index (χ3n) is 2.32. The van der Waals surface area contributed by atoms with Crippen molar-refractivity contribution >= 4 is 22.6 Å². The summed E-state index contributed by atoms with van der Waals surface area (Å²) < 4.78 is 4.86. The van der Waals surface area contributed by atoms with Gasteiger partial charge in [0.25, 0.3) is 0 Å². The predicted molar refractivity (Wildman–Crippen MR) is 59.9 cm³/mol. The van der Waals surface area contributed by atoms with Crippen LogP contribution in [0.25, 0.3) is 11.0 Å². The quantitative estimate of drug-likeness (QED) is 0.401. The molecule has 6 heteroatoms. The molecule has 0 saturated carbocycles. The minimum absolute atomic E-state index is 0.0954. The lowest BCUT2D eigenvalue weighted by Gasteiger charge is -2.05. The van der Waals surface area contributed by atoms with E-state index in [2.05, 4.69) is 0 Å². The number of carboxylic acids is 1. The molecule has 0 radical (unpaired) electrons. The molecule has 0 spiro atoms. The molecule has 2 aromatic rings. The fourth-order valence-corrected chi connectivity index (χ4v) is 1.59. The van der Waals surface area contributed by atoms with Gasteiger partial charge in [0, 0.05) is 17.5 Å². The Balaban J connectivity index is 2.78. The van der Waals surface area contributed by atoms with Gasteiger partial charge in [0.05, 0.1) is 12.1 Å². The highest BCUT2D eigenvalue weighted by Crippen LogP contribution is 2.28. The second-order valence-electron chi connectivity index (χ2n) is 3.57. The minimum atomic E-state index is -1.07. The minimum Gasteiger partial charge on any atom is -0.506 e. The Kier molecular flexibility index (Phi) is 2.47. The highest BCUT2D eigenvalue weighted by atomic mass is 16.4. The van der Waals surface area contributed by atoms with Crippen LogP contribution in [0.1, 0.15) is 5.56 Å². The van der Waals surface area contributed by atoms with Crippen LogP contribution < -0.4 is 11.4 Å². The van der Waals surface area contributed by atoms with Crippen molar-refractivity contribution in [2.24, 2.45) is 0 Å². The monoisotopic (exact) mass is 235 g/mol. The number of nitrogen functional groups attached to an aromatic ring is 1. The van der Waals surface area contributed by atoms with Gasteiger partial charge in [0.15, 0.2) is 0 Å². The number of benzene rings is 1. The number of hydrogen-bond acceptors (Lipinski definition) is 5. The number of hydrogen-bond donors (Lipinski definition) is 3. The standard InChI is InChI=1S/C11H9NO5/c12-7-3-6-5(1-10(14)15)2-11(16)17-9(6)4-8(7)13/h2-4,13H,1,12H2,(H,14,15). The van der Waals surface area contributed by atoms with Crippen LogP contribution in [0.15, 0.2) is 27.4 Å². The van der Waals surface area contributed by atoms with Gasteiger partial charge >= 0.3 is 11.6 Å². The summed E-state index contributed by atoms with van der Waals surface area (Å²) in [5, 5.41) is 18.5. The van der Waals surface area contributed by atoms with Crippen LogP contribution in [-0.2, 0) is 11.2 Å². The second kappa shape index (κ2) is 3.82. The molecule has 0 aliphatic rings. The average molecular weight is 235 g/mol. The third kappa shape index (κ3) is 2.05. The van der Waals surface area contributed by atoms with Gasteiger partial charge in [-0.1, -0.05) is 0 Å². The molecule has 6 nitrogen and oxygen atoms in total. The molecule has 17 heavy (non-hydrogen) atoms. The Labute approximate surface area is 94.9 Å². The van der Waals surface area contributed by atoms with Gasteiger partial charge < -0.3 is 20.4 Å². The molecule has 1 aromatic carbocycles. The van der Waals surface area contributed by atoms with Crippen molar-refractivity contribution in [1.29, 1.82) is 0 Å². The molecular weight excluding hydrogens is 226 g/mol. The van der Waals surface area contributed by atoms with E-state index in [1.54, 1.807) is 0 Å². The molecule has 0 aliphatic heterocycles. The fraction of sp³-hybridized carbons (Fsp3) is 0.0909. The zero-order chi connectivity index (χ0) is 12.6. The SMILES string of the molecule is Nc1cc2c(CC(=O)O)cc(=O)oc2cc1O. The Morgan fingerprint density at radius 1 is 1.35 bits per heavy atom. The summed E-state index contributed by atoms with van der Waals surface area (Å²) in [7, 11) is 0. The van der Waals surface area contributed by atoms with E-state index in [0.29, 0.717) is 10.9 Å². The number of aromatic hydroxyl groups is 1. The number of anilines is 1. The molecule has 1 aromatic heterocycles. The Bertz CT molecular complexity index is 659. The van der Waals surface area contributed by atoms with Gasteiger partial charge in [-0.05, 0) is 11.6 Å². The maximum absolute atomic E-state index is 11.2. The summed E-state index contributed by atoms with van der Waals surface area (Å²) in [4.78, 5) is 21.9. The lowest BCUT2D eigenvalue weighted by molar-refractivity contribution is -0.136. The van der Waals surface area contributed by atoms with Crippen molar-refractivity contribution in [3.8, 4) is 5.75 Å². The lowest BCUT2D eigenvalue weighted by Crippen LogP contribution is -2.06. The first-order valence-corrected chi connectivity index (χ1v) is 4.74. The van der Waals surface area contributed by atoms with Crippen LogP contribution in [-0.4, -0.2) is 16.2 Å². The molecule has 2 rings (SSSR count). The van der Waals surface area contributed by atoms with Crippen molar-refractivity contribution in [1.82, 2.24) is 0 Å². The largest absolute Gasteiger partial charge is 0.506 e. The van der Waals surface area contributed by atoms with Gasteiger partial charge in [-0.2, -0.15) is 0 Å². The average Bonchev–Trinajstić information content (AvgIpc) is 2.20. The van der Waals surface area contributed by atoms with Crippen LogP contribution in [0.4, 0.5) is 5.69 Å². The molecule has 1 heterocycles. The number of nitrogens with two attached hydrogens (primary N) is 1. The van der Waals surface area contributed by atoms with Gasteiger partial charge in [-0.15, -0.1) is 0 Å². The number of carbonyl (C=O) groups is 1. The summed E-state index contributed by atoms with van der Waals surface area (Å²) in [6.45, 7) is 0. The molecule has 0 aliphatic carbocycles. The number of phenolic OH excluding ortho intramolecular Hbond substituents is 1. The van der Waals surface area contributed by atoms with Crippen LogP contribution in [0.3, 0.4) is 0 Å². The lowest BCUT2D eigenvalue weighted by atomic mass is 10.1. The topological polar surface area (TPSA) is 114 Å². The van der Waals surface area contributed by atoms with Crippen LogP contribution in [0, 0.1) is 0 Å². The third-order valence-corrected chi connectivity index (χ3v) is 2.32. The summed E-state index contributed by atoms with van der Waals surface area (Å²) in [5.74, 6) is -1.28. The smallest absolute Gasteiger partial charge is 0.336 e. The summed E-state index contributed by atoms with van der Waals surface area (Å²) in [5.41, 5.74) is 5.35. The number of fused-ring (bicyclic) bond motifs is 1. The van der Waals surface area contributed by atoms with Gasteiger partial charge in [0.2, 0.25) is 0 Å². The van der Waals surface area contributed by atoms with E-state index in [1.165, 1.54) is 12.1 Å². The summed E-state index contributed by atoms with van der Waals surface area (Å²) in [6.07, 6.45) is -0.313. The van der Waals surface area contributed by atoms with Crippen LogP contribution >= 0.6 is 0 Å².